The minimum Gasteiger partial charge on any atom is -0.382 e. The molecule has 166 valence electrons. The molecule has 0 saturated carbocycles. The fourth-order valence-electron chi connectivity index (χ4n) is 2.58. The second-order valence-corrected chi connectivity index (χ2v) is 10.5. The van der Waals surface area contributed by atoms with E-state index in [-0.39, 0.29) is 5.91 Å². The lowest BCUT2D eigenvalue weighted by molar-refractivity contribution is 0.0644. The van der Waals surface area contributed by atoms with Gasteiger partial charge in [0, 0.05) is 31.6 Å². The van der Waals surface area contributed by atoms with Gasteiger partial charge in [-0.15, -0.1) is 0 Å². The predicted octanol–water partition coefficient (Wildman–Crippen LogP) is 4.91. The van der Waals surface area contributed by atoms with E-state index in [1.807, 2.05) is 19.1 Å². The summed E-state index contributed by atoms with van der Waals surface area (Å²) in [6.45, 7) is 4.42. The molecule has 2 aromatic rings. The largest absolute Gasteiger partial charge is 0.382 e. The van der Waals surface area contributed by atoms with Crippen molar-refractivity contribution < 1.29 is 27.5 Å². The number of fused-ring (bicyclic) bond motifs is 1. The van der Waals surface area contributed by atoms with Gasteiger partial charge in [0.1, 0.15) is 0 Å². The van der Waals surface area contributed by atoms with Gasteiger partial charge in [-0.25, -0.2) is 4.20 Å². The molecule has 9 heteroatoms. The number of carbonyl (C=O) groups excluding carboxylic acids is 1. The molecule has 0 fully saturated rings. The Bertz CT molecular complexity index is 795. The van der Waals surface area contributed by atoms with Crippen molar-refractivity contribution in [2.24, 2.45) is 0 Å². The van der Waals surface area contributed by atoms with Crippen LogP contribution in [-0.2, 0) is 18.5 Å². The van der Waals surface area contributed by atoms with E-state index in [2.05, 4.69) is 5.32 Å². The zero-order valence-corrected chi connectivity index (χ0v) is 19.5. The molecule has 2 rings (SSSR count). The Labute approximate surface area is 180 Å². The molecule has 1 N–H and O–H groups in total. The lowest BCUT2D eigenvalue weighted by Gasteiger charge is -2.20. The quantitative estimate of drug-likeness (QED) is 0.323. The molecule has 30 heavy (non-hydrogen) atoms. The topological polar surface area (TPSA) is 66.0 Å². The number of hydrogen-bond acceptors (Lipinski definition) is 5. The molecule has 0 radical (unpaired) electrons. The lowest BCUT2D eigenvalue weighted by Crippen LogP contribution is -2.17. The third-order valence-corrected chi connectivity index (χ3v) is 8.19. The molecule has 0 spiro atoms. The van der Waals surface area contributed by atoms with Gasteiger partial charge in [-0.2, -0.15) is 0 Å². The van der Waals surface area contributed by atoms with Crippen LogP contribution in [0.1, 0.15) is 30.1 Å². The second kappa shape index (κ2) is 14.0. The van der Waals surface area contributed by atoms with Gasteiger partial charge in [-0.3, -0.25) is 4.79 Å². The standard InChI is InChI=1S/C21H30FNO5P2/c1-4-10-27-30(28-12-5-11-26-14-13-25-3)29(22)20-9-8-17-6-7-18(21(24)23-2)15-19(17)16-20/h6-9,15-16H,4-5,10-14H2,1-3H3,(H,23,24). The number of halogens is 1. The highest BCUT2D eigenvalue weighted by Crippen LogP contribution is 2.70. The van der Waals surface area contributed by atoms with Crippen molar-refractivity contribution in [2.75, 3.05) is 47.2 Å². The Kier molecular flexibility index (Phi) is 11.7. The number of nitrogens with one attached hydrogen (secondary N) is 1. The van der Waals surface area contributed by atoms with Gasteiger partial charge in [-0.1, -0.05) is 25.1 Å². The summed E-state index contributed by atoms with van der Waals surface area (Å²) >= 11 is 0. The Morgan fingerprint density at radius 3 is 2.50 bits per heavy atom. The summed E-state index contributed by atoms with van der Waals surface area (Å²) in [5.41, 5.74) is 0.541. The summed E-state index contributed by atoms with van der Waals surface area (Å²) in [4.78, 5) is 11.9. The average molecular weight is 457 g/mol. The SMILES string of the molecule is CCCOP(OCCCOCCOC)P(F)c1ccc2ccc(C(=O)NC)cc2c1. The molecule has 0 heterocycles. The highest BCUT2D eigenvalue weighted by molar-refractivity contribution is 8.26. The molecule has 6 nitrogen and oxygen atoms in total. The lowest BCUT2D eigenvalue weighted by atomic mass is 10.1. The monoisotopic (exact) mass is 457 g/mol. The summed E-state index contributed by atoms with van der Waals surface area (Å²) in [5.74, 6) is -0.172. The van der Waals surface area contributed by atoms with Crippen LogP contribution < -0.4 is 10.6 Å². The summed E-state index contributed by atoms with van der Waals surface area (Å²) in [6, 6.07) is 10.8. The number of methoxy groups -OCH3 is 1. The summed E-state index contributed by atoms with van der Waals surface area (Å²) in [5, 5.41) is 4.92. The number of benzene rings is 2. The molecule has 2 atom stereocenters. The Hall–Kier alpha value is -1.20. The summed E-state index contributed by atoms with van der Waals surface area (Å²) in [6.07, 6.45) is 1.45. The van der Waals surface area contributed by atoms with Gasteiger partial charge in [0.05, 0.1) is 26.4 Å². The van der Waals surface area contributed by atoms with Crippen molar-refractivity contribution in [3.8, 4) is 0 Å². The van der Waals surface area contributed by atoms with Crippen LogP contribution in [0.25, 0.3) is 10.8 Å². The van der Waals surface area contributed by atoms with Crippen LogP contribution in [0.4, 0.5) is 4.20 Å². The first-order chi connectivity index (χ1) is 14.6. The van der Waals surface area contributed by atoms with E-state index in [9.17, 15) is 4.79 Å². The van der Waals surface area contributed by atoms with E-state index in [4.69, 9.17) is 18.5 Å². The first-order valence-corrected chi connectivity index (χ1v) is 13.1. The third kappa shape index (κ3) is 7.81. The molecule has 0 aromatic heterocycles. The molecule has 2 aromatic carbocycles. The molecule has 0 aliphatic rings. The number of hydrogen-bond donors (Lipinski definition) is 1. The van der Waals surface area contributed by atoms with Crippen molar-refractivity contribution in [3.05, 3.63) is 42.0 Å². The minimum atomic E-state index is -2.12. The zero-order chi connectivity index (χ0) is 21.8. The second-order valence-electron chi connectivity index (χ2n) is 6.45. The summed E-state index contributed by atoms with van der Waals surface area (Å²) < 4.78 is 37.2. The Morgan fingerprint density at radius 2 is 1.77 bits per heavy atom. The van der Waals surface area contributed by atoms with Crippen molar-refractivity contribution >= 4 is 38.0 Å². The van der Waals surface area contributed by atoms with Crippen molar-refractivity contribution in [1.29, 1.82) is 0 Å². The van der Waals surface area contributed by atoms with Crippen LogP contribution in [0.3, 0.4) is 0 Å². The molecule has 0 aliphatic heterocycles. The van der Waals surface area contributed by atoms with Gasteiger partial charge >= 0.3 is 0 Å². The van der Waals surface area contributed by atoms with Gasteiger partial charge in [0.15, 0.2) is 7.92 Å². The van der Waals surface area contributed by atoms with Crippen LogP contribution in [0.5, 0.6) is 0 Å². The molecule has 2 unspecified atom stereocenters. The Morgan fingerprint density at radius 1 is 1.00 bits per heavy atom. The van der Waals surface area contributed by atoms with Crippen molar-refractivity contribution in [3.63, 3.8) is 0 Å². The smallest absolute Gasteiger partial charge is 0.251 e. The zero-order valence-electron chi connectivity index (χ0n) is 17.7. The van der Waals surface area contributed by atoms with E-state index in [1.165, 1.54) is 0 Å². The fourth-order valence-corrected chi connectivity index (χ4v) is 6.15. The first kappa shape index (κ1) is 25.1. The minimum absolute atomic E-state index is 0.172. The predicted molar refractivity (Wildman–Crippen MR) is 121 cm³/mol. The van der Waals surface area contributed by atoms with Gasteiger partial charge in [-0.05, 0) is 41.8 Å². The summed E-state index contributed by atoms with van der Waals surface area (Å²) in [7, 11) is -0.585. The average Bonchev–Trinajstić information content (AvgIpc) is 2.78. The number of amides is 1. The van der Waals surface area contributed by atoms with Crippen LogP contribution in [0.2, 0.25) is 0 Å². The van der Waals surface area contributed by atoms with Crippen LogP contribution >= 0.6 is 16.0 Å². The highest BCUT2D eigenvalue weighted by Gasteiger charge is 2.27. The fraction of sp³-hybridized carbons (Fsp3) is 0.476. The van der Waals surface area contributed by atoms with E-state index in [0.29, 0.717) is 50.3 Å². The maximum Gasteiger partial charge on any atom is 0.251 e. The number of ether oxygens (including phenoxy) is 2. The van der Waals surface area contributed by atoms with E-state index < -0.39 is 16.0 Å². The molecule has 0 aliphatic carbocycles. The molecule has 1 amide bonds. The van der Waals surface area contributed by atoms with E-state index >= 15 is 4.20 Å². The van der Waals surface area contributed by atoms with Gasteiger partial charge in [0.25, 0.3) is 5.91 Å². The molecule has 0 saturated heterocycles. The highest BCUT2D eigenvalue weighted by atomic mass is 32.1. The van der Waals surface area contributed by atoms with Crippen LogP contribution in [-0.4, -0.2) is 53.1 Å². The first-order valence-electron chi connectivity index (χ1n) is 9.95. The number of rotatable bonds is 14. The van der Waals surface area contributed by atoms with Gasteiger partial charge in [0.2, 0.25) is 8.06 Å². The molecular formula is C21H30FNO5P2. The van der Waals surface area contributed by atoms with E-state index in [0.717, 1.165) is 17.2 Å². The van der Waals surface area contributed by atoms with Crippen LogP contribution in [0.15, 0.2) is 36.4 Å². The van der Waals surface area contributed by atoms with Crippen LogP contribution in [0, 0.1) is 0 Å². The maximum atomic E-state index is 15.4. The van der Waals surface area contributed by atoms with Crippen molar-refractivity contribution in [2.45, 2.75) is 19.8 Å². The maximum absolute atomic E-state index is 15.4. The molecular weight excluding hydrogens is 427 g/mol. The van der Waals surface area contributed by atoms with Gasteiger partial charge < -0.3 is 23.8 Å². The third-order valence-electron chi connectivity index (χ3n) is 4.14. The number of carbonyl (C=O) groups is 1. The van der Waals surface area contributed by atoms with Crippen molar-refractivity contribution in [1.82, 2.24) is 5.32 Å². The Balaban J connectivity index is 2.04. The normalized spacial score (nSPS) is 13.3. The molecule has 0 bridgehead atoms. The van der Waals surface area contributed by atoms with E-state index in [1.54, 1.807) is 38.4 Å².